The van der Waals surface area contributed by atoms with Crippen LogP contribution in [0.2, 0.25) is 0 Å². The highest BCUT2D eigenvalue weighted by Crippen LogP contribution is 2.17. The van der Waals surface area contributed by atoms with Gasteiger partial charge in [0, 0.05) is 24.6 Å². The molecule has 2 rings (SSSR count). The third kappa shape index (κ3) is 2.77. The van der Waals surface area contributed by atoms with Gasteiger partial charge in [-0.05, 0) is 19.1 Å². The molecule has 0 spiro atoms. The molecule has 1 atom stereocenters. The number of aromatic nitrogens is 3. The van der Waals surface area contributed by atoms with Crippen LogP contribution in [0.25, 0.3) is 0 Å². The highest BCUT2D eigenvalue weighted by molar-refractivity contribution is 5.63. The second-order valence-electron chi connectivity index (χ2n) is 4.05. The zero-order valence-corrected chi connectivity index (χ0v) is 10.0. The maximum absolute atomic E-state index is 8.73. The third-order valence-electron chi connectivity index (χ3n) is 2.45. The number of anilines is 2. The van der Waals surface area contributed by atoms with Crippen molar-refractivity contribution in [3.8, 4) is 6.07 Å². The third-order valence-corrected chi connectivity index (χ3v) is 2.45. The van der Waals surface area contributed by atoms with E-state index >= 15 is 0 Å². The molecular weight excluding hydrogens is 228 g/mol. The normalized spacial score (nSPS) is 11.8. The molecule has 1 unspecified atom stereocenters. The van der Waals surface area contributed by atoms with Crippen LogP contribution in [0.5, 0.6) is 0 Å². The largest absolute Gasteiger partial charge is 0.396 e. The molecule has 0 amide bonds. The molecule has 2 aromatic heterocycles. The molecule has 0 radical (unpaired) electrons. The van der Waals surface area contributed by atoms with Crippen molar-refractivity contribution in [1.29, 1.82) is 5.26 Å². The maximum Gasteiger partial charge on any atom is 0.149 e. The summed E-state index contributed by atoms with van der Waals surface area (Å²) < 4.78 is 1.83. The van der Waals surface area contributed by atoms with Crippen molar-refractivity contribution in [1.82, 2.24) is 14.8 Å². The second-order valence-corrected chi connectivity index (χ2v) is 4.05. The summed E-state index contributed by atoms with van der Waals surface area (Å²) in [6.45, 7) is 2.73. The van der Waals surface area contributed by atoms with E-state index in [0.29, 0.717) is 23.6 Å². The van der Waals surface area contributed by atoms with Gasteiger partial charge in [-0.25, -0.2) is 4.98 Å². The molecule has 2 heterocycles. The van der Waals surface area contributed by atoms with E-state index in [1.165, 1.54) is 6.20 Å². The van der Waals surface area contributed by atoms with Gasteiger partial charge in [-0.1, -0.05) is 0 Å². The highest BCUT2D eigenvalue weighted by atomic mass is 15.3. The maximum atomic E-state index is 8.73. The van der Waals surface area contributed by atoms with Crippen molar-refractivity contribution in [3.05, 3.63) is 36.3 Å². The van der Waals surface area contributed by atoms with E-state index in [9.17, 15) is 0 Å². The Labute approximate surface area is 105 Å². The molecule has 0 fully saturated rings. The number of rotatable bonds is 4. The van der Waals surface area contributed by atoms with Gasteiger partial charge >= 0.3 is 0 Å². The summed E-state index contributed by atoms with van der Waals surface area (Å²) in [5.41, 5.74) is 6.75. The zero-order valence-electron chi connectivity index (χ0n) is 10.0. The van der Waals surface area contributed by atoms with Gasteiger partial charge in [0.2, 0.25) is 0 Å². The van der Waals surface area contributed by atoms with Crippen LogP contribution in [0, 0.1) is 11.3 Å². The fourth-order valence-electron chi connectivity index (χ4n) is 1.63. The Balaban J connectivity index is 2.03. The smallest absolute Gasteiger partial charge is 0.149 e. The molecule has 0 aliphatic rings. The molecule has 0 bridgehead atoms. The molecule has 0 aliphatic heterocycles. The molecule has 0 saturated heterocycles. The van der Waals surface area contributed by atoms with Crippen molar-refractivity contribution in [2.45, 2.75) is 19.5 Å². The van der Waals surface area contributed by atoms with Gasteiger partial charge in [0.05, 0.1) is 17.8 Å². The first-order chi connectivity index (χ1) is 8.69. The average Bonchev–Trinajstić information content (AvgIpc) is 2.84. The highest BCUT2D eigenvalue weighted by Gasteiger charge is 2.07. The second kappa shape index (κ2) is 5.19. The van der Waals surface area contributed by atoms with E-state index in [0.717, 1.165) is 0 Å². The van der Waals surface area contributed by atoms with Crippen molar-refractivity contribution in [2.24, 2.45) is 0 Å². The van der Waals surface area contributed by atoms with E-state index in [2.05, 4.69) is 15.4 Å². The minimum absolute atomic E-state index is 0.132. The minimum atomic E-state index is 0.132. The van der Waals surface area contributed by atoms with E-state index in [1.54, 1.807) is 12.3 Å². The molecule has 6 heteroatoms. The first-order valence-corrected chi connectivity index (χ1v) is 5.58. The first kappa shape index (κ1) is 11.9. The monoisotopic (exact) mass is 242 g/mol. The number of nitriles is 1. The van der Waals surface area contributed by atoms with Gasteiger partial charge in [-0.2, -0.15) is 10.4 Å². The van der Waals surface area contributed by atoms with Crippen LogP contribution in [0.1, 0.15) is 12.5 Å². The van der Waals surface area contributed by atoms with Crippen LogP contribution in [-0.4, -0.2) is 20.8 Å². The van der Waals surface area contributed by atoms with Crippen LogP contribution >= 0.6 is 0 Å². The Morgan fingerprint density at radius 2 is 2.44 bits per heavy atom. The molecule has 18 heavy (non-hydrogen) atoms. The standard InChI is InChI=1S/C12H14N6/c1-9(8-18-4-2-3-16-18)17-12-11(14)5-10(6-13)7-15-12/h2-5,7,9H,8,14H2,1H3,(H,15,17). The van der Waals surface area contributed by atoms with Crippen molar-refractivity contribution >= 4 is 11.5 Å². The fourth-order valence-corrected chi connectivity index (χ4v) is 1.63. The molecule has 0 aliphatic carbocycles. The predicted octanol–water partition coefficient (Wildman–Crippen LogP) is 1.23. The predicted molar refractivity (Wildman–Crippen MR) is 68.7 cm³/mol. The Kier molecular flexibility index (Phi) is 3.44. The van der Waals surface area contributed by atoms with Crippen LogP contribution in [-0.2, 0) is 6.54 Å². The lowest BCUT2D eigenvalue weighted by Gasteiger charge is -2.15. The Hall–Kier alpha value is -2.55. The Morgan fingerprint density at radius 3 is 3.06 bits per heavy atom. The van der Waals surface area contributed by atoms with E-state index < -0.39 is 0 Å². The number of nitrogens with one attached hydrogen (secondary N) is 1. The Bertz CT molecular complexity index is 554. The first-order valence-electron chi connectivity index (χ1n) is 5.58. The van der Waals surface area contributed by atoms with Crippen LogP contribution in [0.3, 0.4) is 0 Å². The number of nitrogens with two attached hydrogens (primary N) is 1. The van der Waals surface area contributed by atoms with Gasteiger partial charge in [-0.3, -0.25) is 4.68 Å². The average molecular weight is 242 g/mol. The van der Waals surface area contributed by atoms with Gasteiger partial charge < -0.3 is 11.1 Å². The van der Waals surface area contributed by atoms with Crippen LogP contribution in [0.4, 0.5) is 11.5 Å². The van der Waals surface area contributed by atoms with Gasteiger partial charge in [-0.15, -0.1) is 0 Å². The van der Waals surface area contributed by atoms with Crippen LogP contribution < -0.4 is 11.1 Å². The fraction of sp³-hybridized carbons (Fsp3) is 0.250. The number of nitrogens with zero attached hydrogens (tertiary/aromatic N) is 4. The molecular formula is C12H14N6. The summed E-state index contributed by atoms with van der Waals surface area (Å²) >= 11 is 0. The number of nitrogen functional groups attached to an aromatic ring is 1. The minimum Gasteiger partial charge on any atom is -0.396 e. The number of hydrogen-bond acceptors (Lipinski definition) is 5. The van der Waals surface area contributed by atoms with Crippen molar-refractivity contribution < 1.29 is 0 Å². The topological polar surface area (TPSA) is 92.5 Å². The SMILES string of the molecule is CC(Cn1cccn1)Nc1ncc(C#N)cc1N. The van der Waals surface area contributed by atoms with Gasteiger partial charge in [0.15, 0.2) is 0 Å². The van der Waals surface area contributed by atoms with Crippen molar-refractivity contribution in [3.63, 3.8) is 0 Å². The van der Waals surface area contributed by atoms with E-state index in [-0.39, 0.29) is 6.04 Å². The van der Waals surface area contributed by atoms with Gasteiger partial charge in [0.25, 0.3) is 0 Å². The lowest BCUT2D eigenvalue weighted by Crippen LogP contribution is -2.23. The van der Waals surface area contributed by atoms with E-state index in [4.69, 9.17) is 11.0 Å². The lowest BCUT2D eigenvalue weighted by molar-refractivity contribution is 0.560. The quantitative estimate of drug-likeness (QED) is 0.841. The summed E-state index contributed by atoms with van der Waals surface area (Å²) in [7, 11) is 0. The molecule has 3 N–H and O–H groups in total. The van der Waals surface area contributed by atoms with Gasteiger partial charge in [0.1, 0.15) is 11.9 Å². The summed E-state index contributed by atoms with van der Waals surface area (Å²) in [4.78, 5) is 4.13. The van der Waals surface area contributed by atoms with Crippen molar-refractivity contribution in [2.75, 3.05) is 11.1 Å². The molecule has 0 aromatic carbocycles. The summed E-state index contributed by atoms with van der Waals surface area (Å²) in [5.74, 6) is 0.591. The zero-order chi connectivity index (χ0) is 13.0. The van der Waals surface area contributed by atoms with Crippen LogP contribution in [0.15, 0.2) is 30.7 Å². The molecule has 0 saturated carbocycles. The molecule has 2 aromatic rings. The lowest BCUT2D eigenvalue weighted by atomic mass is 10.2. The molecule has 92 valence electrons. The number of hydrogen-bond donors (Lipinski definition) is 2. The Morgan fingerprint density at radius 1 is 1.61 bits per heavy atom. The summed E-state index contributed by atoms with van der Waals surface area (Å²) in [5, 5.41) is 16.1. The summed E-state index contributed by atoms with van der Waals surface area (Å²) in [6, 6.07) is 5.62. The summed E-state index contributed by atoms with van der Waals surface area (Å²) in [6.07, 6.45) is 5.13. The van der Waals surface area contributed by atoms with E-state index in [1.807, 2.05) is 29.9 Å². The molecule has 6 nitrogen and oxygen atoms in total. The number of pyridine rings is 1.